The van der Waals surface area contributed by atoms with E-state index in [9.17, 15) is 14.7 Å². The van der Waals surface area contributed by atoms with Crippen LogP contribution in [0.2, 0.25) is 0 Å². The van der Waals surface area contributed by atoms with Crippen molar-refractivity contribution in [2.24, 2.45) is 0 Å². The van der Waals surface area contributed by atoms with Gasteiger partial charge in [0.2, 0.25) is 0 Å². The maximum atomic E-state index is 12.4. The summed E-state index contributed by atoms with van der Waals surface area (Å²) in [4.78, 5) is 25.9. The number of aliphatic hydroxyl groups excluding tert-OH is 1. The first kappa shape index (κ1) is 17.5. The van der Waals surface area contributed by atoms with E-state index in [4.69, 9.17) is 5.11 Å². The molecule has 24 heavy (non-hydrogen) atoms. The zero-order chi connectivity index (χ0) is 17.5. The number of phenolic OH excluding ortho intramolecular Hbond substituents is 1. The van der Waals surface area contributed by atoms with E-state index >= 15 is 0 Å². The smallest absolute Gasteiger partial charge is 0.313 e. The van der Waals surface area contributed by atoms with Crippen LogP contribution in [0.4, 0.5) is 5.69 Å². The number of aliphatic hydroxyl groups is 1. The summed E-state index contributed by atoms with van der Waals surface area (Å²) in [5, 5.41) is 21.1. The molecule has 0 saturated carbocycles. The largest absolute Gasteiger partial charge is 0.508 e. The fourth-order valence-electron chi connectivity index (χ4n) is 2.28. The van der Waals surface area contributed by atoms with Crippen LogP contribution >= 0.6 is 0 Å². The topological polar surface area (TPSA) is 89.9 Å². The van der Waals surface area contributed by atoms with Crippen molar-refractivity contribution in [3.63, 3.8) is 0 Å². The summed E-state index contributed by atoms with van der Waals surface area (Å²) in [6.45, 7) is 1.79. The van der Waals surface area contributed by atoms with Crippen LogP contribution in [0.3, 0.4) is 0 Å². The second kappa shape index (κ2) is 8.12. The van der Waals surface area contributed by atoms with E-state index in [1.165, 1.54) is 23.1 Å². The Morgan fingerprint density at radius 3 is 2.46 bits per heavy atom. The molecule has 0 heterocycles. The van der Waals surface area contributed by atoms with Gasteiger partial charge in [0.1, 0.15) is 5.75 Å². The minimum atomic E-state index is -0.784. The molecule has 0 fully saturated rings. The van der Waals surface area contributed by atoms with Crippen LogP contribution in [-0.2, 0) is 16.1 Å². The monoisotopic (exact) mass is 328 g/mol. The van der Waals surface area contributed by atoms with Gasteiger partial charge in [0.15, 0.2) is 0 Å². The maximum absolute atomic E-state index is 12.4. The average molecular weight is 328 g/mol. The van der Waals surface area contributed by atoms with Gasteiger partial charge >= 0.3 is 11.8 Å². The number of hydrogen-bond donors (Lipinski definition) is 3. The quantitative estimate of drug-likeness (QED) is 0.575. The van der Waals surface area contributed by atoms with E-state index in [0.717, 1.165) is 5.56 Å². The lowest BCUT2D eigenvalue weighted by atomic mass is 10.2. The Labute approximate surface area is 140 Å². The van der Waals surface area contributed by atoms with Crippen LogP contribution in [0.5, 0.6) is 5.75 Å². The zero-order valence-electron chi connectivity index (χ0n) is 13.4. The van der Waals surface area contributed by atoms with E-state index in [1.54, 1.807) is 6.92 Å². The number of phenols is 1. The fourth-order valence-corrected chi connectivity index (χ4v) is 2.28. The van der Waals surface area contributed by atoms with Crippen molar-refractivity contribution in [1.29, 1.82) is 0 Å². The normalized spacial score (nSPS) is 10.2. The Balaban J connectivity index is 2.09. The molecule has 0 radical (unpaired) electrons. The molecular weight excluding hydrogens is 308 g/mol. The van der Waals surface area contributed by atoms with Crippen molar-refractivity contribution in [3.8, 4) is 5.75 Å². The molecule has 0 unspecified atom stereocenters. The molecule has 2 rings (SSSR count). The van der Waals surface area contributed by atoms with E-state index in [1.807, 2.05) is 30.3 Å². The van der Waals surface area contributed by atoms with E-state index in [0.29, 0.717) is 11.3 Å². The summed E-state index contributed by atoms with van der Waals surface area (Å²) in [6, 6.07) is 13.7. The van der Waals surface area contributed by atoms with E-state index in [-0.39, 0.29) is 25.4 Å². The molecule has 0 atom stereocenters. The van der Waals surface area contributed by atoms with Crippen molar-refractivity contribution in [3.05, 3.63) is 59.7 Å². The summed E-state index contributed by atoms with van der Waals surface area (Å²) in [6.07, 6.45) is 0. The maximum Gasteiger partial charge on any atom is 0.313 e. The van der Waals surface area contributed by atoms with Gasteiger partial charge in [-0.25, -0.2) is 0 Å². The Morgan fingerprint density at radius 2 is 1.83 bits per heavy atom. The molecule has 126 valence electrons. The van der Waals surface area contributed by atoms with Crippen molar-refractivity contribution < 1.29 is 19.8 Å². The molecule has 0 aromatic heterocycles. The second-order valence-corrected chi connectivity index (χ2v) is 5.39. The number of amides is 2. The van der Waals surface area contributed by atoms with Crippen LogP contribution in [-0.4, -0.2) is 40.1 Å². The lowest BCUT2D eigenvalue weighted by Crippen LogP contribution is -2.40. The first-order valence-corrected chi connectivity index (χ1v) is 7.56. The number of anilines is 1. The zero-order valence-corrected chi connectivity index (χ0v) is 13.4. The molecule has 6 nitrogen and oxygen atoms in total. The van der Waals surface area contributed by atoms with Crippen LogP contribution in [0.1, 0.15) is 11.1 Å². The molecule has 0 spiro atoms. The number of nitrogens with one attached hydrogen (secondary N) is 1. The number of nitrogens with zero attached hydrogens (tertiary/aromatic N) is 1. The number of aromatic hydroxyl groups is 1. The van der Waals surface area contributed by atoms with Crippen LogP contribution in [0.15, 0.2) is 48.5 Å². The fraction of sp³-hybridized carbons (Fsp3) is 0.222. The lowest BCUT2D eigenvalue weighted by Gasteiger charge is -2.21. The highest BCUT2D eigenvalue weighted by atomic mass is 16.3. The summed E-state index contributed by atoms with van der Waals surface area (Å²) in [7, 11) is 0. The number of carbonyl (C=O) groups excluding carboxylic acids is 2. The third kappa shape index (κ3) is 4.57. The summed E-state index contributed by atoms with van der Waals surface area (Å²) >= 11 is 0. The van der Waals surface area contributed by atoms with Crippen molar-refractivity contribution >= 4 is 17.5 Å². The van der Waals surface area contributed by atoms with Gasteiger partial charge in [-0.1, -0.05) is 30.3 Å². The van der Waals surface area contributed by atoms with Gasteiger partial charge in [-0.2, -0.15) is 0 Å². The van der Waals surface area contributed by atoms with Gasteiger partial charge in [0, 0.05) is 18.8 Å². The lowest BCUT2D eigenvalue weighted by molar-refractivity contribution is -0.143. The highest BCUT2D eigenvalue weighted by Crippen LogP contribution is 2.20. The first-order valence-electron chi connectivity index (χ1n) is 7.56. The third-order valence-corrected chi connectivity index (χ3v) is 3.53. The Bertz CT molecular complexity index is 716. The van der Waals surface area contributed by atoms with Crippen LogP contribution in [0, 0.1) is 6.92 Å². The van der Waals surface area contributed by atoms with Gasteiger partial charge in [-0.15, -0.1) is 0 Å². The molecule has 2 amide bonds. The van der Waals surface area contributed by atoms with Gasteiger partial charge in [-0.3, -0.25) is 9.59 Å². The Hall–Kier alpha value is -2.86. The molecule has 2 aromatic rings. The number of hydrogen-bond acceptors (Lipinski definition) is 4. The van der Waals surface area contributed by atoms with Crippen molar-refractivity contribution in [2.45, 2.75) is 13.5 Å². The molecule has 2 aromatic carbocycles. The van der Waals surface area contributed by atoms with Gasteiger partial charge < -0.3 is 20.4 Å². The highest BCUT2D eigenvalue weighted by Gasteiger charge is 2.22. The van der Waals surface area contributed by atoms with Crippen LogP contribution < -0.4 is 5.32 Å². The van der Waals surface area contributed by atoms with E-state index < -0.39 is 11.8 Å². The summed E-state index contributed by atoms with van der Waals surface area (Å²) < 4.78 is 0. The van der Waals surface area contributed by atoms with Gasteiger partial charge in [0.25, 0.3) is 0 Å². The Kier molecular flexibility index (Phi) is 5.92. The van der Waals surface area contributed by atoms with Gasteiger partial charge in [-0.05, 0) is 36.2 Å². The van der Waals surface area contributed by atoms with Crippen LogP contribution in [0.25, 0.3) is 0 Å². The number of rotatable bonds is 5. The standard InChI is InChI=1S/C18H20N2O4/c1-13-11-15(22)7-8-16(13)19-17(23)18(24)20(9-10-21)12-14-5-3-2-4-6-14/h2-8,11,21-22H,9-10,12H2,1H3,(H,19,23). The molecule has 0 aliphatic rings. The molecule has 6 heteroatoms. The summed E-state index contributed by atoms with van der Waals surface area (Å²) in [5.74, 6) is -1.42. The summed E-state index contributed by atoms with van der Waals surface area (Å²) in [5.41, 5.74) is 1.97. The molecule has 0 bridgehead atoms. The molecule has 0 aliphatic heterocycles. The first-order chi connectivity index (χ1) is 11.5. The van der Waals surface area contributed by atoms with E-state index in [2.05, 4.69) is 5.32 Å². The van der Waals surface area contributed by atoms with Crippen molar-refractivity contribution in [2.75, 3.05) is 18.5 Å². The molecule has 0 saturated heterocycles. The third-order valence-electron chi connectivity index (χ3n) is 3.53. The minimum absolute atomic E-state index is 0.0652. The van der Waals surface area contributed by atoms with Crippen molar-refractivity contribution in [1.82, 2.24) is 4.90 Å². The number of benzene rings is 2. The second-order valence-electron chi connectivity index (χ2n) is 5.39. The molecular formula is C18H20N2O4. The SMILES string of the molecule is Cc1cc(O)ccc1NC(=O)C(=O)N(CCO)Cc1ccccc1. The highest BCUT2D eigenvalue weighted by molar-refractivity contribution is 6.39. The Morgan fingerprint density at radius 1 is 1.12 bits per heavy atom. The minimum Gasteiger partial charge on any atom is -0.508 e. The average Bonchev–Trinajstić information content (AvgIpc) is 2.57. The number of carbonyl (C=O) groups is 2. The molecule has 0 aliphatic carbocycles. The predicted molar refractivity (Wildman–Crippen MR) is 90.4 cm³/mol. The predicted octanol–water partition coefficient (Wildman–Crippen LogP) is 1.66. The molecule has 3 N–H and O–H groups in total. The van der Waals surface area contributed by atoms with Gasteiger partial charge in [0.05, 0.1) is 6.61 Å². The number of aryl methyl sites for hydroxylation is 1.